The molecule has 0 aliphatic heterocycles. The maximum atomic E-state index is 6.11. The standard InChI is InChI=1S/C10H10ClN3S2/c1-6(7-4-2-3-5-8(7)11)12-9-13-14-10(15)16-9/h2-6H,1H3,(H,12,13)(H,14,15). The average Bonchev–Trinajstić information content (AvgIpc) is 2.64. The molecule has 84 valence electrons. The lowest BCUT2D eigenvalue weighted by atomic mass is 10.1. The van der Waals surface area contributed by atoms with Gasteiger partial charge in [-0.1, -0.05) is 41.1 Å². The number of nitrogens with zero attached hydrogens (tertiary/aromatic N) is 1. The number of aromatic nitrogens is 2. The zero-order chi connectivity index (χ0) is 11.5. The van der Waals surface area contributed by atoms with Crippen molar-refractivity contribution < 1.29 is 0 Å². The summed E-state index contributed by atoms with van der Waals surface area (Å²) in [5.74, 6) is 0. The fourth-order valence-electron chi connectivity index (χ4n) is 1.38. The van der Waals surface area contributed by atoms with Crippen molar-refractivity contribution >= 4 is 40.3 Å². The van der Waals surface area contributed by atoms with Crippen LogP contribution in [0.15, 0.2) is 24.3 Å². The first kappa shape index (κ1) is 11.6. The number of benzene rings is 1. The van der Waals surface area contributed by atoms with Crippen molar-refractivity contribution in [3.8, 4) is 0 Å². The molecule has 2 rings (SSSR count). The molecular weight excluding hydrogens is 262 g/mol. The summed E-state index contributed by atoms with van der Waals surface area (Å²) in [5.41, 5.74) is 1.05. The molecule has 0 aliphatic rings. The monoisotopic (exact) mass is 271 g/mol. The number of rotatable bonds is 3. The molecule has 16 heavy (non-hydrogen) atoms. The molecule has 0 amide bonds. The molecule has 1 aromatic heterocycles. The van der Waals surface area contributed by atoms with Crippen molar-refractivity contribution in [3.63, 3.8) is 0 Å². The molecule has 0 radical (unpaired) electrons. The Kier molecular flexibility index (Phi) is 3.58. The minimum Gasteiger partial charge on any atom is -0.354 e. The molecule has 1 atom stereocenters. The molecular formula is C10H10ClN3S2. The molecule has 0 spiro atoms. The second-order valence-corrected chi connectivity index (χ2v) is 5.38. The summed E-state index contributed by atoms with van der Waals surface area (Å²) in [5, 5.41) is 11.5. The minimum atomic E-state index is 0.0997. The van der Waals surface area contributed by atoms with Crippen molar-refractivity contribution in [3.05, 3.63) is 38.8 Å². The number of aromatic amines is 1. The lowest BCUT2D eigenvalue weighted by Crippen LogP contribution is -2.06. The highest BCUT2D eigenvalue weighted by molar-refractivity contribution is 7.73. The van der Waals surface area contributed by atoms with E-state index in [0.29, 0.717) is 3.95 Å². The Morgan fingerprint density at radius 3 is 2.88 bits per heavy atom. The Morgan fingerprint density at radius 1 is 1.50 bits per heavy atom. The van der Waals surface area contributed by atoms with E-state index in [-0.39, 0.29) is 6.04 Å². The molecule has 0 aliphatic carbocycles. The first-order valence-corrected chi connectivity index (χ1v) is 6.33. The Hall–Kier alpha value is -0.910. The van der Waals surface area contributed by atoms with E-state index in [0.717, 1.165) is 15.7 Å². The van der Waals surface area contributed by atoms with E-state index in [1.807, 2.05) is 31.2 Å². The fourth-order valence-corrected chi connectivity index (χ4v) is 2.56. The van der Waals surface area contributed by atoms with Gasteiger partial charge in [0.05, 0.1) is 6.04 Å². The second kappa shape index (κ2) is 4.95. The van der Waals surface area contributed by atoms with Crippen molar-refractivity contribution in [2.24, 2.45) is 0 Å². The molecule has 2 N–H and O–H groups in total. The van der Waals surface area contributed by atoms with Gasteiger partial charge in [0.25, 0.3) is 0 Å². The first-order valence-electron chi connectivity index (χ1n) is 4.73. The van der Waals surface area contributed by atoms with Crippen molar-refractivity contribution in [1.82, 2.24) is 10.2 Å². The summed E-state index contributed by atoms with van der Waals surface area (Å²) in [6.45, 7) is 2.03. The first-order chi connectivity index (χ1) is 7.66. The van der Waals surface area contributed by atoms with Crippen LogP contribution in [0, 0.1) is 3.95 Å². The Bertz CT molecular complexity index is 535. The number of halogens is 1. The van der Waals surface area contributed by atoms with Crippen LogP contribution in [0.3, 0.4) is 0 Å². The highest BCUT2D eigenvalue weighted by Crippen LogP contribution is 2.26. The van der Waals surface area contributed by atoms with Crippen LogP contribution in [0.5, 0.6) is 0 Å². The maximum absolute atomic E-state index is 6.11. The summed E-state index contributed by atoms with van der Waals surface area (Å²) < 4.78 is 0.661. The largest absolute Gasteiger partial charge is 0.354 e. The van der Waals surface area contributed by atoms with Gasteiger partial charge in [0, 0.05) is 5.02 Å². The fraction of sp³-hybridized carbons (Fsp3) is 0.200. The molecule has 0 bridgehead atoms. The third-order valence-electron chi connectivity index (χ3n) is 2.15. The van der Waals surface area contributed by atoms with Crippen LogP contribution < -0.4 is 5.32 Å². The van der Waals surface area contributed by atoms with Crippen LogP contribution in [0.25, 0.3) is 0 Å². The number of anilines is 1. The summed E-state index contributed by atoms with van der Waals surface area (Å²) in [4.78, 5) is 0. The van der Waals surface area contributed by atoms with Crippen LogP contribution in [0.2, 0.25) is 5.02 Å². The Morgan fingerprint density at radius 2 is 2.25 bits per heavy atom. The van der Waals surface area contributed by atoms with Crippen LogP contribution >= 0.6 is 35.2 Å². The van der Waals surface area contributed by atoms with Crippen LogP contribution in [0.1, 0.15) is 18.5 Å². The van der Waals surface area contributed by atoms with Gasteiger partial charge >= 0.3 is 0 Å². The minimum absolute atomic E-state index is 0.0997. The smallest absolute Gasteiger partial charge is 0.204 e. The van der Waals surface area contributed by atoms with Crippen LogP contribution in [0.4, 0.5) is 5.13 Å². The van der Waals surface area contributed by atoms with Gasteiger partial charge in [-0.2, -0.15) is 0 Å². The Labute approximate surface area is 107 Å². The lowest BCUT2D eigenvalue weighted by molar-refractivity contribution is 0.873. The SMILES string of the molecule is CC(Nc1n[nH]c(=S)s1)c1ccccc1Cl. The van der Waals surface area contributed by atoms with E-state index < -0.39 is 0 Å². The molecule has 1 unspecified atom stereocenters. The van der Waals surface area contributed by atoms with Gasteiger partial charge in [0.1, 0.15) is 0 Å². The average molecular weight is 272 g/mol. The summed E-state index contributed by atoms with van der Waals surface area (Å²) in [6, 6.07) is 7.85. The van der Waals surface area contributed by atoms with Gasteiger partial charge < -0.3 is 5.32 Å². The topological polar surface area (TPSA) is 40.7 Å². The zero-order valence-corrected chi connectivity index (χ0v) is 10.9. The molecule has 6 heteroatoms. The van der Waals surface area contributed by atoms with E-state index in [1.54, 1.807) is 0 Å². The second-order valence-electron chi connectivity index (χ2n) is 3.31. The quantitative estimate of drug-likeness (QED) is 0.828. The zero-order valence-electron chi connectivity index (χ0n) is 8.53. The highest BCUT2D eigenvalue weighted by Gasteiger charge is 2.10. The van der Waals surface area contributed by atoms with Gasteiger partial charge in [0.15, 0.2) is 3.95 Å². The third kappa shape index (κ3) is 2.61. The van der Waals surface area contributed by atoms with Gasteiger partial charge in [0.2, 0.25) is 5.13 Å². The number of nitrogens with one attached hydrogen (secondary N) is 2. The van der Waals surface area contributed by atoms with Crippen molar-refractivity contribution in [2.75, 3.05) is 5.32 Å². The van der Waals surface area contributed by atoms with Crippen molar-refractivity contribution in [2.45, 2.75) is 13.0 Å². The molecule has 0 saturated heterocycles. The normalized spacial score (nSPS) is 12.4. The lowest BCUT2D eigenvalue weighted by Gasteiger charge is -2.14. The number of hydrogen-bond acceptors (Lipinski definition) is 4. The molecule has 1 heterocycles. The maximum Gasteiger partial charge on any atom is 0.204 e. The van der Waals surface area contributed by atoms with Crippen LogP contribution in [-0.2, 0) is 0 Å². The molecule has 0 fully saturated rings. The summed E-state index contributed by atoms with van der Waals surface area (Å²) in [6.07, 6.45) is 0. The van der Waals surface area contributed by atoms with E-state index in [2.05, 4.69) is 15.5 Å². The Balaban J connectivity index is 2.17. The van der Waals surface area contributed by atoms with Gasteiger partial charge in [-0.25, -0.2) is 0 Å². The van der Waals surface area contributed by atoms with Gasteiger partial charge in [-0.05, 0) is 30.8 Å². The molecule has 0 saturated carbocycles. The molecule has 2 aromatic rings. The van der Waals surface area contributed by atoms with E-state index in [1.165, 1.54) is 11.3 Å². The molecule has 3 nitrogen and oxygen atoms in total. The van der Waals surface area contributed by atoms with Gasteiger partial charge in [-0.3, -0.25) is 5.10 Å². The highest BCUT2D eigenvalue weighted by atomic mass is 35.5. The van der Waals surface area contributed by atoms with Crippen LogP contribution in [-0.4, -0.2) is 10.2 Å². The number of H-pyrrole nitrogens is 1. The van der Waals surface area contributed by atoms with E-state index >= 15 is 0 Å². The summed E-state index contributed by atoms with van der Waals surface area (Å²) in [7, 11) is 0. The van der Waals surface area contributed by atoms with Gasteiger partial charge in [-0.15, -0.1) is 5.10 Å². The molecule has 1 aromatic carbocycles. The van der Waals surface area contributed by atoms with Crippen molar-refractivity contribution in [1.29, 1.82) is 0 Å². The predicted molar refractivity (Wildman–Crippen MR) is 70.8 cm³/mol. The van der Waals surface area contributed by atoms with E-state index in [9.17, 15) is 0 Å². The third-order valence-corrected chi connectivity index (χ3v) is 3.51. The number of hydrogen-bond donors (Lipinski definition) is 2. The summed E-state index contributed by atoms with van der Waals surface area (Å²) >= 11 is 12.5. The van der Waals surface area contributed by atoms with E-state index in [4.69, 9.17) is 23.8 Å². The predicted octanol–water partition coefficient (Wildman–Crippen LogP) is 4.03.